The predicted molar refractivity (Wildman–Crippen MR) is 57.8 cm³/mol. The molecular formula is C10H14O4S. The summed E-state index contributed by atoms with van der Waals surface area (Å²) in [5.41, 5.74) is 0.776. The summed E-state index contributed by atoms with van der Waals surface area (Å²) in [6.45, 7) is 1.73. The Hall–Kier alpha value is -1.07. The van der Waals surface area contributed by atoms with Crippen molar-refractivity contribution in [2.45, 2.75) is 12.8 Å². The number of hydrogen-bond acceptors (Lipinski definition) is 3. The molecule has 0 radical (unpaired) electrons. The summed E-state index contributed by atoms with van der Waals surface area (Å²) in [6.07, 6.45) is 0. The number of hydrogen-bond donors (Lipinski definition) is 1. The molecule has 4 nitrogen and oxygen atoms in total. The fraction of sp³-hybridized carbons (Fsp3) is 0.400. The van der Waals surface area contributed by atoms with Gasteiger partial charge < -0.3 is 4.74 Å². The third-order valence-corrected chi connectivity index (χ3v) is 3.05. The van der Waals surface area contributed by atoms with E-state index in [2.05, 4.69) is 0 Å². The number of rotatable bonds is 4. The number of para-hydroxylation sites is 1. The number of ether oxygens (including phenoxy) is 1. The van der Waals surface area contributed by atoms with Gasteiger partial charge in [0.15, 0.2) is 0 Å². The molecule has 84 valence electrons. The SMILES string of the molecule is COc1ccccc1C(C)CS(=O)(=O)O. The van der Waals surface area contributed by atoms with Gasteiger partial charge in [-0.25, -0.2) is 0 Å². The van der Waals surface area contributed by atoms with Gasteiger partial charge in [0.05, 0.1) is 12.9 Å². The van der Waals surface area contributed by atoms with Crippen LogP contribution in [0.2, 0.25) is 0 Å². The van der Waals surface area contributed by atoms with E-state index < -0.39 is 10.1 Å². The van der Waals surface area contributed by atoms with Crippen LogP contribution in [0.25, 0.3) is 0 Å². The van der Waals surface area contributed by atoms with Gasteiger partial charge in [0.1, 0.15) is 5.75 Å². The quantitative estimate of drug-likeness (QED) is 0.799. The maximum Gasteiger partial charge on any atom is 0.265 e. The van der Waals surface area contributed by atoms with Crippen LogP contribution in [0.5, 0.6) is 5.75 Å². The van der Waals surface area contributed by atoms with Crippen molar-refractivity contribution >= 4 is 10.1 Å². The van der Waals surface area contributed by atoms with Crippen LogP contribution in [0.3, 0.4) is 0 Å². The van der Waals surface area contributed by atoms with E-state index >= 15 is 0 Å². The molecule has 0 fully saturated rings. The Labute approximate surface area is 89.6 Å². The van der Waals surface area contributed by atoms with Gasteiger partial charge in [0.2, 0.25) is 0 Å². The highest BCUT2D eigenvalue weighted by atomic mass is 32.2. The third-order valence-electron chi connectivity index (χ3n) is 2.13. The van der Waals surface area contributed by atoms with Gasteiger partial charge in [-0.05, 0) is 11.6 Å². The van der Waals surface area contributed by atoms with E-state index in [9.17, 15) is 8.42 Å². The van der Waals surface area contributed by atoms with Gasteiger partial charge in [-0.2, -0.15) is 8.42 Å². The van der Waals surface area contributed by atoms with Gasteiger partial charge in [-0.3, -0.25) is 4.55 Å². The molecule has 0 aromatic heterocycles. The molecule has 0 amide bonds. The molecule has 1 N–H and O–H groups in total. The molecule has 1 aromatic carbocycles. The van der Waals surface area contributed by atoms with Crippen LogP contribution < -0.4 is 4.74 Å². The van der Waals surface area contributed by atoms with Crippen molar-refractivity contribution in [1.82, 2.24) is 0 Å². The summed E-state index contributed by atoms with van der Waals surface area (Å²) in [7, 11) is -2.43. The zero-order valence-electron chi connectivity index (χ0n) is 8.67. The molecule has 15 heavy (non-hydrogen) atoms. The van der Waals surface area contributed by atoms with Crippen LogP contribution in [0.4, 0.5) is 0 Å². The predicted octanol–water partition coefficient (Wildman–Crippen LogP) is 1.69. The second-order valence-corrected chi connectivity index (χ2v) is 4.89. The van der Waals surface area contributed by atoms with Gasteiger partial charge >= 0.3 is 0 Å². The van der Waals surface area contributed by atoms with Gasteiger partial charge in [-0.1, -0.05) is 25.1 Å². The van der Waals surface area contributed by atoms with Crippen LogP contribution in [0.15, 0.2) is 24.3 Å². The van der Waals surface area contributed by atoms with Crippen molar-refractivity contribution in [2.24, 2.45) is 0 Å². The first kappa shape index (κ1) is 12.0. The summed E-state index contributed by atoms with van der Waals surface area (Å²) in [4.78, 5) is 0. The summed E-state index contributed by atoms with van der Waals surface area (Å²) in [5, 5.41) is 0. The standard InChI is InChI=1S/C10H14O4S/c1-8(7-15(11,12)13)9-5-3-4-6-10(9)14-2/h3-6,8H,7H2,1-2H3,(H,11,12,13). The Morgan fingerprint density at radius 3 is 2.53 bits per heavy atom. The molecular weight excluding hydrogens is 216 g/mol. The van der Waals surface area contributed by atoms with Crippen molar-refractivity contribution in [3.63, 3.8) is 0 Å². The van der Waals surface area contributed by atoms with Crippen molar-refractivity contribution in [2.75, 3.05) is 12.9 Å². The van der Waals surface area contributed by atoms with E-state index in [4.69, 9.17) is 9.29 Å². The number of benzene rings is 1. The van der Waals surface area contributed by atoms with E-state index in [1.165, 1.54) is 7.11 Å². The molecule has 5 heteroatoms. The van der Waals surface area contributed by atoms with Gasteiger partial charge in [0.25, 0.3) is 10.1 Å². The molecule has 1 atom stereocenters. The Balaban J connectivity index is 2.95. The Morgan fingerprint density at radius 2 is 2.00 bits per heavy atom. The maximum atomic E-state index is 10.7. The lowest BCUT2D eigenvalue weighted by atomic mass is 10.0. The molecule has 1 unspecified atom stereocenters. The zero-order chi connectivity index (χ0) is 11.5. The smallest absolute Gasteiger partial charge is 0.265 e. The first-order valence-corrected chi connectivity index (χ1v) is 6.13. The molecule has 1 rings (SSSR count). The van der Waals surface area contributed by atoms with E-state index in [0.717, 1.165) is 5.56 Å². The maximum absolute atomic E-state index is 10.7. The van der Waals surface area contributed by atoms with Crippen LogP contribution in [-0.2, 0) is 10.1 Å². The van der Waals surface area contributed by atoms with E-state index in [-0.39, 0.29) is 11.7 Å². The average Bonchev–Trinajstić information content (AvgIpc) is 2.15. The van der Waals surface area contributed by atoms with Crippen molar-refractivity contribution in [3.8, 4) is 5.75 Å². The summed E-state index contributed by atoms with van der Waals surface area (Å²) < 4.78 is 35.3. The lowest BCUT2D eigenvalue weighted by molar-refractivity contribution is 0.407. The van der Waals surface area contributed by atoms with Crippen molar-refractivity contribution in [3.05, 3.63) is 29.8 Å². The van der Waals surface area contributed by atoms with Crippen LogP contribution in [0, 0.1) is 0 Å². The average molecular weight is 230 g/mol. The fourth-order valence-corrected chi connectivity index (χ4v) is 2.29. The molecule has 0 heterocycles. The van der Waals surface area contributed by atoms with E-state index in [0.29, 0.717) is 5.75 Å². The highest BCUT2D eigenvalue weighted by Gasteiger charge is 2.17. The van der Waals surface area contributed by atoms with Crippen LogP contribution in [-0.4, -0.2) is 25.8 Å². The second-order valence-electron chi connectivity index (χ2n) is 3.39. The minimum Gasteiger partial charge on any atom is -0.496 e. The van der Waals surface area contributed by atoms with Crippen LogP contribution >= 0.6 is 0 Å². The molecule has 1 aromatic rings. The molecule has 0 aliphatic rings. The molecule has 0 aliphatic heterocycles. The van der Waals surface area contributed by atoms with Gasteiger partial charge in [0, 0.05) is 5.92 Å². The minimum absolute atomic E-state index is 0.295. The highest BCUT2D eigenvalue weighted by Crippen LogP contribution is 2.26. The molecule has 0 aliphatic carbocycles. The fourth-order valence-electron chi connectivity index (χ4n) is 1.48. The topological polar surface area (TPSA) is 63.6 Å². The third kappa shape index (κ3) is 3.53. The van der Waals surface area contributed by atoms with Gasteiger partial charge in [-0.15, -0.1) is 0 Å². The summed E-state index contributed by atoms with van der Waals surface area (Å²) in [5.74, 6) is 0.0395. The normalized spacial score (nSPS) is 13.5. The largest absolute Gasteiger partial charge is 0.496 e. The monoisotopic (exact) mass is 230 g/mol. The molecule has 0 saturated heterocycles. The second kappa shape index (κ2) is 4.63. The Morgan fingerprint density at radius 1 is 1.40 bits per heavy atom. The highest BCUT2D eigenvalue weighted by molar-refractivity contribution is 7.85. The van der Waals surface area contributed by atoms with Crippen molar-refractivity contribution in [1.29, 1.82) is 0 Å². The lowest BCUT2D eigenvalue weighted by Gasteiger charge is -2.13. The molecule has 0 spiro atoms. The first-order chi connectivity index (χ1) is 6.94. The zero-order valence-corrected chi connectivity index (χ0v) is 9.49. The number of methoxy groups -OCH3 is 1. The van der Waals surface area contributed by atoms with Crippen molar-refractivity contribution < 1.29 is 17.7 Å². The van der Waals surface area contributed by atoms with Crippen LogP contribution in [0.1, 0.15) is 18.4 Å². The Kier molecular flexibility index (Phi) is 3.71. The summed E-state index contributed by atoms with van der Waals surface area (Å²) in [6, 6.07) is 7.16. The summed E-state index contributed by atoms with van der Waals surface area (Å²) >= 11 is 0. The first-order valence-electron chi connectivity index (χ1n) is 4.52. The van der Waals surface area contributed by atoms with E-state index in [1.54, 1.807) is 25.1 Å². The minimum atomic E-state index is -3.95. The molecule has 0 bridgehead atoms. The molecule has 0 saturated carbocycles. The van der Waals surface area contributed by atoms with E-state index in [1.807, 2.05) is 6.07 Å². The lowest BCUT2D eigenvalue weighted by Crippen LogP contribution is -2.11. The Bertz CT molecular complexity index is 425.